The van der Waals surface area contributed by atoms with E-state index in [0.29, 0.717) is 35.3 Å². The summed E-state index contributed by atoms with van der Waals surface area (Å²) >= 11 is 0.806. The van der Waals surface area contributed by atoms with Gasteiger partial charge in [-0.3, -0.25) is 10.1 Å². The molecule has 2 amide bonds. The van der Waals surface area contributed by atoms with E-state index in [1.165, 1.54) is 18.5 Å². The molecule has 0 aliphatic heterocycles. The van der Waals surface area contributed by atoms with Gasteiger partial charge in [0.25, 0.3) is 0 Å². The Morgan fingerprint density at radius 2 is 1.90 bits per heavy atom. The number of rotatable bonds is 7. The van der Waals surface area contributed by atoms with Crippen LogP contribution >= 0.6 is 11.3 Å². The summed E-state index contributed by atoms with van der Waals surface area (Å²) in [6.45, 7) is 6.14. The molecule has 0 fully saturated rings. The van der Waals surface area contributed by atoms with Crippen LogP contribution in [-0.4, -0.2) is 39.7 Å². The average Bonchev–Trinajstić information content (AvgIpc) is 3.40. The molecule has 9 nitrogen and oxygen atoms in total. The number of aromatic nitrogens is 3. The summed E-state index contributed by atoms with van der Waals surface area (Å²) in [5.41, 5.74) is 0.186. The highest BCUT2D eigenvalue weighted by Crippen LogP contribution is 2.39. The predicted octanol–water partition coefficient (Wildman–Crippen LogP) is 5.54. The van der Waals surface area contributed by atoms with Gasteiger partial charge in [-0.1, -0.05) is 6.07 Å². The van der Waals surface area contributed by atoms with E-state index in [4.69, 9.17) is 4.74 Å². The third kappa shape index (κ3) is 5.77. The maximum absolute atomic E-state index is 13.3. The van der Waals surface area contributed by atoms with Crippen LogP contribution in [0.4, 0.5) is 23.8 Å². The number of alkyl halides is 3. The number of benzene rings is 1. The first-order valence-electron chi connectivity index (χ1n) is 12.0. The number of esters is 1. The van der Waals surface area contributed by atoms with Crippen molar-refractivity contribution >= 4 is 40.1 Å². The van der Waals surface area contributed by atoms with Gasteiger partial charge in [-0.15, -0.1) is 11.3 Å². The van der Waals surface area contributed by atoms with Crippen molar-refractivity contribution in [2.45, 2.75) is 33.5 Å². The molecule has 3 aromatic heterocycles. The zero-order chi connectivity index (χ0) is 28.3. The number of nitrogens with zero attached hydrogens (tertiary/aromatic N) is 3. The van der Waals surface area contributed by atoms with E-state index in [-0.39, 0.29) is 28.4 Å². The topological polar surface area (TPSA) is 115 Å². The summed E-state index contributed by atoms with van der Waals surface area (Å²) in [6.07, 6.45) is -1.77. The third-order valence-electron chi connectivity index (χ3n) is 5.74. The fraction of sp³-hybridized carbons (Fsp3) is 0.269. The van der Waals surface area contributed by atoms with Crippen LogP contribution in [0.25, 0.3) is 32.6 Å². The Morgan fingerprint density at radius 1 is 1.13 bits per heavy atom. The van der Waals surface area contributed by atoms with Gasteiger partial charge >= 0.3 is 18.2 Å². The van der Waals surface area contributed by atoms with Crippen molar-refractivity contribution in [2.75, 3.05) is 18.5 Å². The second-order valence-electron chi connectivity index (χ2n) is 8.25. The van der Waals surface area contributed by atoms with E-state index in [2.05, 4.69) is 20.6 Å². The quantitative estimate of drug-likeness (QED) is 0.287. The summed E-state index contributed by atoms with van der Waals surface area (Å²) in [4.78, 5) is 45.5. The van der Waals surface area contributed by atoms with Crippen molar-refractivity contribution < 1.29 is 27.5 Å². The zero-order valence-corrected chi connectivity index (χ0v) is 22.0. The van der Waals surface area contributed by atoms with Gasteiger partial charge in [0.05, 0.1) is 12.1 Å². The second kappa shape index (κ2) is 11.2. The van der Waals surface area contributed by atoms with E-state index in [0.717, 1.165) is 16.7 Å². The molecule has 0 bridgehead atoms. The molecule has 0 radical (unpaired) electrons. The normalized spacial score (nSPS) is 11.4. The summed E-state index contributed by atoms with van der Waals surface area (Å²) in [6, 6.07) is 5.80. The number of pyridine rings is 2. The molecule has 0 atom stereocenters. The number of thiazole rings is 1. The third-order valence-corrected chi connectivity index (χ3v) is 6.61. The number of ether oxygens (including phenoxy) is 1. The SMILES string of the molecule is CCNC(=O)Nc1cc(-c2nc(C(F)(F)F)cs2)c(-c2ccc3c(=O)c(C(=O)OCC)cn(CC)c3c2)cn1. The zero-order valence-electron chi connectivity index (χ0n) is 21.2. The van der Waals surface area contributed by atoms with Crippen molar-refractivity contribution in [2.24, 2.45) is 0 Å². The average molecular weight is 560 g/mol. The molecule has 0 aliphatic rings. The Hall–Kier alpha value is -4.26. The van der Waals surface area contributed by atoms with Gasteiger partial charge in [0.2, 0.25) is 5.43 Å². The maximum atomic E-state index is 13.3. The Bertz CT molecular complexity index is 1610. The van der Waals surface area contributed by atoms with Gasteiger partial charge in [0.1, 0.15) is 16.4 Å². The van der Waals surface area contributed by atoms with Gasteiger partial charge in [-0.25, -0.2) is 19.6 Å². The lowest BCUT2D eigenvalue weighted by Gasteiger charge is -2.14. The van der Waals surface area contributed by atoms with Crippen molar-refractivity contribution in [3.63, 3.8) is 0 Å². The number of hydrogen-bond acceptors (Lipinski definition) is 7. The molecular formula is C26H24F3N5O4S. The van der Waals surface area contributed by atoms with Crippen molar-refractivity contribution in [1.29, 1.82) is 0 Å². The number of halogens is 3. The minimum atomic E-state index is -4.62. The van der Waals surface area contributed by atoms with Crippen LogP contribution in [0.15, 0.2) is 46.8 Å². The lowest BCUT2D eigenvalue weighted by Crippen LogP contribution is -2.28. The summed E-state index contributed by atoms with van der Waals surface area (Å²) in [7, 11) is 0. The number of nitrogens with one attached hydrogen (secondary N) is 2. The highest BCUT2D eigenvalue weighted by Gasteiger charge is 2.34. The van der Waals surface area contributed by atoms with Gasteiger partial charge in [0, 0.05) is 47.4 Å². The molecule has 13 heteroatoms. The lowest BCUT2D eigenvalue weighted by atomic mass is 9.99. The maximum Gasteiger partial charge on any atom is 0.434 e. The Labute approximate surface area is 224 Å². The molecule has 4 rings (SSSR count). The van der Waals surface area contributed by atoms with Crippen LogP contribution in [0, 0.1) is 0 Å². The van der Waals surface area contributed by atoms with Crippen LogP contribution in [0.1, 0.15) is 36.8 Å². The standard InChI is InChI=1S/C26H24F3N5O4S/c1-4-30-25(37)33-21-10-16(23-32-20(13-39-23)26(27,28)29)17(11-31-21)14-7-8-15-19(9-14)34(5-2)12-18(22(15)35)24(36)38-6-3/h7-13H,4-6H2,1-3H3,(H2,30,31,33,37). The van der Waals surface area contributed by atoms with Crippen molar-refractivity contribution in [3.8, 4) is 21.7 Å². The van der Waals surface area contributed by atoms with Gasteiger partial charge in [-0.05, 0) is 44.5 Å². The Kier molecular flexibility index (Phi) is 8.00. The molecule has 3 heterocycles. The fourth-order valence-electron chi connectivity index (χ4n) is 3.95. The number of fused-ring (bicyclic) bond motifs is 1. The Balaban J connectivity index is 1.89. The van der Waals surface area contributed by atoms with Crippen molar-refractivity contribution in [1.82, 2.24) is 19.9 Å². The number of urea groups is 1. The van der Waals surface area contributed by atoms with Crippen LogP contribution in [0.2, 0.25) is 0 Å². The first-order valence-corrected chi connectivity index (χ1v) is 12.9. The van der Waals surface area contributed by atoms with E-state index in [1.54, 1.807) is 36.6 Å². The minimum Gasteiger partial charge on any atom is -0.462 e. The molecule has 204 valence electrons. The number of carbonyl (C=O) groups is 2. The fourth-order valence-corrected chi connectivity index (χ4v) is 4.81. The number of carbonyl (C=O) groups excluding carboxylic acids is 2. The Morgan fingerprint density at radius 3 is 2.54 bits per heavy atom. The number of anilines is 1. The molecule has 0 spiro atoms. The molecular weight excluding hydrogens is 535 g/mol. The number of hydrogen-bond donors (Lipinski definition) is 2. The van der Waals surface area contributed by atoms with Crippen LogP contribution in [-0.2, 0) is 17.5 Å². The molecule has 39 heavy (non-hydrogen) atoms. The largest absolute Gasteiger partial charge is 0.462 e. The van der Waals surface area contributed by atoms with Gasteiger partial charge in [0.15, 0.2) is 5.69 Å². The van der Waals surface area contributed by atoms with Crippen molar-refractivity contribution in [3.05, 3.63) is 63.5 Å². The molecule has 2 N–H and O–H groups in total. The number of aryl methyl sites for hydroxylation is 1. The van der Waals surface area contributed by atoms with E-state index >= 15 is 0 Å². The first-order chi connectivity index (χ1) is 18.6. The number of amides is 2. The molecule has 0 saturated heterocycles. The smallest absolute Gasteiger partial charge is 0.434 e. The van der Waals surface area contributed by atoms with Crippen LogP contribution in [0.3, 0.4) is 0 Å². The molecule has 0 saturated carbocycles. The summed E-state index contributed by atoms with van der Waals surface area (Å²) in [5, 5.41) is 6.39. The molecule has 0 aliphatic carbocycles. The van der Waals surface area contributed by atoms with E-state index < -0.39 is 29.3 Å². The second-order valence-corrected chi connectivity index (χ2v) is 9.10. The minimum absolute atomic E-state index is 0.0734. The van der Waals surface area contributed by atoms with E-state index in [9.17, 15) is 27.6 Å². The summed E-state index contributed by atoms with van der Waals surface area (Å²) < 4.78 is 46.7. The highest BCUT2D eigenvalue weighted by molar-refractivity contribution is 7.13. The molecule has 0 unspecified atom stereocenters. The van der Waals surface area contributed by atoms with Crippen LogP contribution in [0.5, 0.6) is 0 Å². The first kappa shape index (κ1) is 27.8. The monoisotopic (exact) mass is 559 g/mol. The van der Waals surface area contributed by atoms with Gasteiger partial charge in [-0.2, -0.15) is 13.2 Å². The summed E-state index contributed by atoms with van der Waals surface area (Å²) in [5.74, 6) is -0.601. The lowest BCUT2D eigenvalue weighted by molar-refractivity contribution is -0.140. The highest BCUT2D eigenvalue weighted by atomic mass is 32.1. The molecule has 4 aromatic rings. The predicted molar refractivity (Wildman–Crippen MR) is 142 cm³/mol. The molecule has 1 aromatic carbocycles. The van der Waals surface area contributed by atoms with Crippen LogP contribution < -0.4 is 16.1 Å². The van der Waals surface area contributed by atoms with Gasteiger partial charge < -0.3 is 14.6 Å². The van der Waals surface area contributed by atoms with E-state index in [1.807, 2.05) is 6.92 Å².